The molecule has 0 spiro atoms. The molecule has 128 valence electrons. The Hall–Kier alpha value is -1.62. The molecule has 0 aliphatic carbocycles. The van der Waals surface area contributed by atoms with Gasteiger partial charge in [0.15, 0.2) is 0 Å². The smallest absolute Gasteiger partial charge is 0.259 e. The van der Waals surface area contributed by atoms with Crippen LogP contribution in [0.1, 0.15) is 44.0 Å². The van der Waals surface area contributed by atoms with Gasteiger partial charge in [0.05, 0.1) is 6.54 Å². The Morgan fingerprint density at radius 1 is 1.43 bits per heavy atom. The van der Waals surface area contributed by atoms with Gasteiger partial charge >= 0.3 is 0 Å². The minimum atomic E-state index is 0.00950. The van der Waals surface area contributed by atoms with Gasteiger partial charge in [-0.25, -0.2) is 4.98 Å². The van der Waals surface area contributed by atoms with E-state index in [2.05, 4.69) is 44.8 Å². The van der Waals surface area contributed by atoms with Crippen molar-refractivity contribution >= 4 is 5.91 Å². The molecule has 0 radical (unpaired) electrons. The Morgan fingerprint density at radius 2 is 2.17 bits per heavy atom. The van der Waals surface area contributed by atoms with Crippen LogP contribution in [0.5, 0.6) is 5.88 Å². The largest absolute Gasteiger partial charge is 0.472 e. The summed E-state index contributed by atoms with van der Waals surface area (Å²) in [5.41, 5.74) is 0.592. The first kappa shape index (κ1) is 17.7. The summed E-state index contributed by atoms with van der Waals surface area (Å²) in [6.45, 7) is 8.80. The number of aromatic nitrogens is 1. The summed E-state index contributed by atoms with van der Waals surface area (Å²) in [5, 5.41) is 0. The lowest BCUT2D eigenvalue weighted by Crippen LogP contribution is -2.45. The molecule has 0 aromatic carbocycles. The number of ether oxygens (including phenoxy) is 1. The molecule has 0 bridgehead atoms. The Balaban J connectivity index is 2.25. The lowest BCUT2D eigenvalue weighted by Gasteiger charge is -2.34. The molecular formula is C18H29N3O2. The summed E-state index contributed by atoms with van der Waals surface area (Å²) < 4.78 is 6.01. The number of hydrogen-bond acceptors (Lipinski definition) is 4. The monoisotopic (exact) mass is 319 g/mol. The minimum absolute atomic E-state index is 0.00950. The molecule has 2 rings (SSSR count). The molecule has 0 N–H and O–H groups in total. The number of amides is 1. The highest BCUT2D eigenvalue weighted by Crippen LogP contribution is 2.27. The van der Waals surface area contributed by atoms with Crippen LogP contribution < -0.4 is 4.74 Å². The van der Waals surface area contributed by atoms with Crippen molar-refractivity contribution in [1.82, 2.24) is 14.8 Å². The number of fused-ring (bicyclic) bond motifs is 1. The molecule has 23 heavy (non-hydrogen) atoms. The molecular weight excluding hydrogens is 290 g/mol. The van der Waals surface area contributed by atoms with Crippen molar-refractivity contribution < 1.29 is 9.53 Å². The van der Waals surface area contributed by atoms with Gasteiger partial charge in [0.2, 0.25) is 5.88 Å². The highest BCUT2D eigenvalue weighted by atomic mass is 16.5. The van der Waals surface area contributed by atoms with E-state index in [-0.39, 0.29) is 17.4 Å². The number of rotatable bonds is 6. The van der Waals surface area contributed by atoms with E-state index in [1.54, 1.807) is 12.3 Å². The van der Waals surface area contributed by atoms with Gasteiger partial charge in [0.1, 0.15) is 11.7 Å². The van der Waals surface area contributed by atoms with Crippen molar-refractivity contribution in [2.45, 2.75) is 39.7 Å². The standard InChI is InChI=1S/C18H29N3O2/c1-6-8-14-11-21(13-18(2,3)12-20(4)5)17(22)15-9-7-10-19-16(15)23-14/h7,9-10,14H,6,8,11-13H2,1-5H3. The number of pyridine rings is 1. The maximum Gasteiger partial charge on any atom is 0.259 e. The van der Waals surface area contributed by atoms with E-state index < -0.39 is 0 Å². The van der Waals surface area contributed by atoms with Gasteiger partial charge in [-0.15, -0.1) is 0 Å². The number of carbonyl (C=O) groups is 1. The van der Waals surface area contributed by atoms with Crippen LogP contribution in [-0.4, -0.2) is 60.5 Å². The normalized spacial score (nSPS) is 18.6. The van der Waals surface area contributed by atoms with Gasteiger partial charge in [-0.3, -0.25) is 4.79 Å². The Bertz CT molecular complexity index is 543. The number of carbonyl (C=O) groups excluding carboxylic acids is 1. The topological polar surface area (TPSA) is 45.7 Å². The van der Waals surface area contributed by atoms with Gasteiger partial charge in [0.25, 0.3) is 5.91 Å². The third kappa shape index (κ3) is 4.67. The SMILES string of the molecule is CCCC1CN(CC(C)(C)CN(C)C)C(=O)c2cccnc2O1. The lowest BCUT2D eigenvalue weighted by atomic mass is 9.91. The first-order valence-corrected chi connectivity index (χ1v) is 8.38. The van der Waals surface area contributed by atoms with Gasteiger partial charge < -0.3 is 14.5 Å². The highest BCUT2D eigenvalue weighted by Gasteiger charge is 2.33. The fraction of sp³-hybridized carbons (Fsp3) is 0.667. The van der Waals surface area contributed by atoms with E-state index in [9.17, 15) is 4.79 Å². The van der Waals surface area contributed by atoms with Crippen molar-refractivity contribution in [3.63, 3.8) is 0 Å². The zero-order valence-corrected chi connectivity index (χ0v) is 15.0. The predicted molar refractivity (Wildman–Crippen MR) is 91.8 cm³/mol. The molecule has 1 aliphatic rings. The quantitative estimate of drug-likeness (QED) is 0.809. The summed E-state index contributed by atoms with van der Waals surface area (Å²) in [6.07, 6.45) is 3.64. The fourth-order valence-electron chi connectivity index (χ4n) is 3.37. The summed E-state index contributed by atoms with van der Waals surface area (Å²) in [7, 11) is 4.13. The molecule has 0 fully saturated rings. The maximum absolute atomic E-state index is 12.9. The summed E-state index contributed by atoms with van der Waals surface area (Å²) >= 11 is 0. The molecule has 1 unspecified atom stereocenters. The van der Waals surface area contributed by atoms with Gasteiger partial charge in [-0.1, -0.05) is 27.2 Å². The molecule has 0 saturated carbocycles. The second-order valence-electron chi connectivity index (χ2n) is 7.47. The third-order valence-electron chi connectivity index (χ3n) is 3.96. The van der Waals surface area contributed by atoms with Crippen LogP contribution in [0.4, 0.5) is 0 Å². The van der Waals surface area contributed by atoms with Crippen molar-refractivity contribution in [2.24, 2.45) is 5.41 Å². The van der Waals surface area contributed by atoms with Gasteiger partial charge in [-0.05, 0) is 38.1 Å². The van der Waals surface area contributed by atoms with E-state index in [0.717, 1.165) is 19.4 Å². The molecule has 0 saturated heterocycles. The van der Waals surface area contributed by atoms with Gasteiger partial charge in [0, 0.05) is 19.3 Å². The van der Waals surface area contributed by atoms with Crippen LogP contribution in [0, 0.1) is 5.41 Å². The molecule has 1 atom stereocenters. The van der Waals surface area contributed by atoms with E-state index in [4.69, 9.17) is 4.74 Å². The van der Waals surface area contributed by atoms with Crippen molar-refractivity contribution in [2.75, 3.05) is 33.7 Å². The first-order valence-electron chi connectivity index (χ1n) is 8.38. The summed E-state index contributed by atoms with van der Waals surface area (Å²) in [4.78, 5) is 21.3. The second kappa shape index (κ2) is 7.30. The highest BCUT2D eigenvalue weighted by molar-refractivity contribution is 5.96. The van der Waals surface area contributed by atoms with Crippen LogP contribution in [0.25, 0.3) is 0 Å². The Morgan fingerprint density at radius 3 is 2.83 bits per heavy atom. The van der Waals surface area contributed by atoms with E-state index >= 15 is 0 Å². The zero-order valence-electron chi connectivity index (χ0n) is 15.0. The van der Waals surface area contributed by atoms with Crippen molar-refractivity contribution in [1.29, 1.82) is 0 Å². The number of hydrogen-bond donors (Lipinski definition) is 0. The Labute approximate surface area is 139 Å². The van der Waals surface area contributed by atoms with Crippen molar-refractivity contribution in [3.05, 3.63) is 23.9 Å². The van der Waals surface area contributed by atoms with E-state index in [1.165, 1.54) is 0 Å². The minimum Gasteiger partial charge on any atom is -0.472 e. The second-order valence-corrected chi connectivity index (χ2v) is 7.47. The molecule has 2 heterocycles. The molecule has 1 amide bonds. The van der Waals surface area contributed by atoms with Crippen LogP contribution in [-0.2, 0) is 0 Å². The predicted octanol–water partition coefficient (Wildman–Crippen LogP) is 2.67. The Kier molecular flexibility index (Phi) is 5.63. The van der Waals surface area contributed by atoms with E-state index in [1.807, 2.05) is 11.0 Å². The molecule has 1 aliphatic heterocycles. The first-order chi connectivity index (χ1) is 10.8. The van der Waals surface area contributed by atoms with Crippen LogP contribution in [0.2, 0.25) is 0 Å². The third-order valence-corrected chi connectivity index (χ3v) is 3.96. The summed E-state index contributed by atoms with van der Waals surface area (Å²) in [5.74, 6) is 0.502. The lowest BCUT2D eigenvalue weighted by molar-refractivity contribution is 0.0581. The average molecular weight is 319 g/mol. The summed E-state index contributed by atoms with van der Waals surface area (Å²) in [6, 6.07) is 3.61. The average Bonchev–Trinajstić information content (AvgIpc) is 2.56. The fourth-order valence-corrected chi connectivity index (χ4v) is 3.37. The van der Waals surface area contributed by atoms with Crippen LogP contribution in [0.15, 0.2) is 18.3 Å². The molecule has 1 aromatic rings. The molecule has 5 heteroatoms. The van der Waals surface area contributed by atoms with Crippen LogP contribution >= 0.6 is 0 Å². The van der Waals surface area contributed by atoms with Crippen molar-refractivity contribution in [3.8, 4) is 5.88 Å². The molecule has 1 aromatic heterocycles. The van der Waals surface area contributed by atoms with Crippen LogP contribution in [0.3, 0.4) is 0 Å². The van der Waals surface area contributed by atoms with E-state index in [0.29, 0.717) is 24.5 Å². The van der Waals surface area contributed by atoms with Gasteiger partial charge in [-0.2, -0.15) is 0 Å². The zero-order chi connectivity index (χ0) is 17.0. The molecule has 5 nitrogen and oxygen atoms in total. The maximum atomic E-state index is 12.9. The number of nitrogens with zero attached hydrogens (tertiary/aromatic N) is 3.